The van der Waals surface area contributed by atoms with E-state index >= 15 is 0 Å². The Labute approximate surface area is 244 Å². The monoisotopic (exact) mass is 580 g/mol. The molecule has 0 spiro atoms. The molecule has 0 unspecified atom stereocenters. The molecule has 5 heterocycles. The third kappa shape index (κ3) is 5.84. The van der Waals surface area contributed by atoms with Gasteiger partial charge in [-0.25, -0.2) is 24.1 Å². The van der Waals surface area contributed by atoms with Crippen molar-refractivity contribution in [2.45, 2.75) is 32.2 Å². The van der Waals surface area contributed by atoms with E-state index in [2.05, 4.69) is 9.97 Å². The smallest absolute Gasteiger partial charge is 0.356 e. The molecule has 1 atom stereocenters. The van der Waals surface area contributed by atoms with Crippen molar-refractivity contribution in [2.75, 3.05) is 13.7 Å². The lowest BCUT2D eigenvalue weighted by atomic mass is 10.1. The predicted octanol–water partition coefficient (Wildman–Crippen LogP) is 3.87. The van der Waals surface area contributed by atoms with E-state index in [1.54, 1.807) is 42.6 Å². The summed E-state index contributed by atoms with van der Waals surface area (Å²) < 4.78 is 33.8. The van der Waals surface area contributed by atoms with Crippen LogP contribution in [0.3, 0.4) is 0 Å². The van der Waals surface area contributed by atoms with Gasteiger partial charge in [-0.15, -0.1) is 0 Å². The lowest BCUT2D eigenvalue weighted by Crippen LogP contribution is -2.32. The average molecular weight is 581 g/mol. The van der Waals surface area contributed by atoms with Crippen molar-refractivity contribution < 1.29 is 23.4 Å². The summed E-state index contributed by atoms with van der Waals surface area (Å²) in [6, 6.07) is 17.7. The Balaban J connectivity index is 1.23. The second-order valence-electron chi connectivity index (χ2n) is 9.90. The first-order valence-corrected chi connectivity index (χ1v) is 13.5. The predicted molar refractivity (Wildman–Crippen MR) is 152 cm³/mol. The van der Waals surface area contributed by atoms with Gasteiger partial charge >= 0.3 is 5.97 Å². The first-order valence-electron chi connectivity index (χ1n) is 13.5. The minimum atomic E-state index is -0.549. The highest BCUT2D eigenvalue weighted by Gasteiger charge is 2.23. The first kappa shape index (κ1) is 27.7. The number of methoxy groups -OCH3 is 1. The quantitative estimate of drug-likeness (QED) is 0.238. The number of carbonyl (C=O) groups excluding carboxylic acids is 1. The fourth-order valence-corrected chi connectivity index (χ4v) is 4.70. The lowest BCUT2D eigenvalue weighted by molar-refractivity contribution is -0.0591. The topological polar surface area (TPSA) is 134 Å². The number of ether oxygens (including phenoxy) is 3. The second kappa shape index (κ2) is 11.8. The Bertz CT molecular complexity index is 1940. The maximum absolute atomic E-state index is 14.2. The summed E-state index contributed by atoms with van der Waals surface area (Å²) in [7, 11) is 1.30. The summed E-state index contributed by atoms with van der Waals surface area (Å²) in [5.41, 5.74) is 2.61. The standard InChI is InChI=1S/C31H25FN6O5/c1-41-31(40)26-8-7-25-30(36-26)38(16-22-10-12-42-22)27(34-25)17-37-11-9-20(14-29(37)39)24-3-2-4-28(35-24)43-18-21-6-5-19(15-33)13-23(21)32/h2-9,11,13-14,22H,10,12,16-18H2,1H3/t22-/m0/s1. The van der Waals surface area contributed by atoms with E-state index in [1.165, 1.54) is 29.9 Å². The maximum atomic E-state index is 14.2. The van der Waals surface area contributed by atoms with Crippen molar-refractivity contribution in [3.8, 4) is 23.2 Å². The molecule has 216 valence electrons. The van der Waals surface area contributed by atoms with Crippen LogP contribution in [0.5, 0.6) is 5.88 Å². The molecule has 0 saturated carbocycles. The molecule has 4 aromatic heterocycles. The Kier molecular flexibility index (Phi) is 7.63. The molecule has 0 bridgehead atoms. The molecule has 0 aliphatic carbocycles. The van der Waals surface area contributed by atoms with E-state index in [0.717, 1.165) is 12.5 Å². The number of pyridine rings is 3. The molecule has 1 aliphatic heterocycles. The number of halogens is 1. The summed E-state index contributed by atoms with van der Waals surface area (Å²) in [5, 5.41) is 8.92. The number of carbonyl (C=O) groups is 1. The van der Waals surface area contributed by atoms with E-state index in [-0.39, 0.29) is 42.0 Å². The molecule has 1 saturated heterocycles. The van der Waals surface area contributed by atoms with E-state index in [9.17, 15) is 14.0 Å². The number of benzene rings is 1. The molecular weight excluding hydrogens is 555 g/mol. The van der Waals surface area contributed by atoms with Crippen molar-refractivity contribution in [3.05, 3.63) is 106 Å². The van der Waals surface area contributed by atoms with Gasteiger partial charge < -0.3 is 23.3 Å². The fraction of sp³-hybridized carbons (Fsp3) is 0.226. The van der Waals surface area contributed by atoms with Gasteiger partial charge in [-0.3, -0.25) is 4.79 Å². The van der Waals surface area contributed by atoms with Crippen LogP contribution >= 0.6 is 0 Å². The van der Waals surface area contributed by atoms with E-state index < -0.39 is 11.8 Å². The van der Waals surface area contributed by atoms with Gasteiger partial charge in [0.15, 0.2) is 11.3 Å². The highest BCUT2D eigenvalue weighted by atomic mass is 19.1. The highest BCUT2D eigenvalue weighted by molar-refractivity contribution is 5.89. The number of imidazole rings is 1. The van der Waals surface area contributed by atoms with Gasteiger partial charge in [0.25, 0.3) is 5.56 Å². The van der Waals surface area contributed by atoms with Gasteiger partial charge in [0.2, 0.25) is 5.88 Å². The van der Waals surface area contributed by atoms with Crippen LogP contribution in [0.15, 0.2) is 71.7 Å². The van der Waals surface area contributed by atoms with Crippen LogP contribution in [0.25, 0.3) is 22.4 Å². The highest BCUT2D eigenvalue weighted by Crippen LogP contribution is 2.23. The first-order chi connectivity index (χ1) is 20.9. The van der Waals surface area contributed by atoms with Gasteiger partial charge in [0, 0.05) is 36.1 Å². The lowest BCUT2D eigenvalue weighted by Gasteiger charge is -2.27. The van der Waals surface area contributed by atoms with E-state index in [0.29, 0.717) is 47.0 Å². The minimum absolute atomic E-state index is 0.00666. The average Bonchev–Trinajstić information content (AvgIpc) is 3.34. The third-order valence-corrected chi connectivity index (χ3v) is 7.13. The van der Waals surface area contributed by atoms with Gasteiger partial charge in [0.05, 0.1) is 43.6 Å². The van der Waals surface area contributed by atoms with Crippen LogP contribution in [0.1, 0.15) is 33.9 Å². The van der Waals surface area contributed by atoms with E-state index in [4.69, 9.17) is 24.5 Å². The van der Waals surface area contributed by atoms with Crippen molar-refractivity contribution in [1.29, 1.82) is 5.26 Å². The van der Waals surface area contributed by atoms with Crippen LogP contribution in [0, 0.1) is 17.1 Å². The number of esters is 1. The summed E-state index contributed by atoms with van der Waals surface area (Å²) in [6.45, 7) is 1.27. The largest absolute Gasteiger partial charge is 0.473 e. The summed E-state index contributed by atoms with van der Waals surface area (Å²) in [5.74, 6) is -0.228. The molecule has 43 heavy (non-hydrogen) atoms. The van der Waals surface area contributed by atoms with Crippen molar-refractivity contribution in [2.24, 2.45) is 0 Å². The molecule has 1 aromatic carbocycles. The Morgan fingerprint density at radius 2 is 2.00 bits per heavy atom. The zero-order valence-electron chi connectivity index (χ0n) is 23.1. The van der Waals surface area contributed by atoms with Gasteiger partial charge in [-0.2, -0.15) is 5.26 Å². The zero-order chi connectivity index (χ0) is 29.9. The van der Waals surface area contributed by atoms with Crippen molar-refractivity contribution in [1.82, 2.24) is 24.1 Å². The summed E-state index contributed by atoms with van der Waals surface area (Å²) >= 11 is 0. The normalized spacial score (nSPS) is 14.2. The summed E-state index contributed by atoms with van der Waals surface area (Å²) in [6.07, 6.45) is 2.55. The molecular formula is C31H25FN6O5. The third-order valence-electron chi connectivity index (χ3n) is 7.13. The zero-order valence-corrected chi connectivity index (χ0v) is 23.1. The number of nitrogens with zero attached hydrogens (tertiary/aromatic N) is 6. The number of hydrogen-bond donors (Lipinski definition) is 0. The number of rotatable bonds is 9. The molecule has 6 rings (SSSR count). The van der Waals surface area contributed by atoms with Crippen molar-refractivity contribution >= 4 is 17.1 Å². The van der Waals surface area contributed by atoms with Gasteiger partial charge in [-0.1, -0.05) is 12.1 Å². The van der Waals surface area contributed by atoms with Crippen LogP contribution in [0.2, 0.25) is 0 Å². The van der Waals surface area contributed by atoms with Crippen LogP contribution in [0.4, 0.5) is 4.39 Å². The maximum Gasteiger partial charge on any atom is 0.356 e. The van der Waals surface area contributed by atoms with Crippen LogP contribution in [-0.4, -0.2) is 49.9 Å². The molecule has 1 aliphatic rings. The van der Waals surface area contributed by atoms with E-state index in [1.807, 2.05) is 10.6 Å². The molecule has 11 nitrogen and oxygen atoms in total. The Morgan fingerprint density at radius 1 is 1.14 bits per heavy atom. The SMILES string of the molecule is COC(=O)c1ccc2nc(Cn3ccc(-c4cccc(OCc5ccc(C#N)cc5F)n4)cc3=O)n(C[C@@H]3CCO3)c2n1. The van der Waals surface area contributed by atoms with Crippen LogP contribution in [-0.2, 0) is 29.2 Å². The number of fused-ring (bicyclic) bond motifs is 1. The van der Waals surface area contributed by atoms with Crippen LogP contribution < -0.4 is 10.3 Å². The molecule has 0 N–H and O–H groups in total. The van der Waals surface area contributed by atoms with Gasteiger partial charge in [-0.05, 0) is 42.8 Å². The number of aromatic nitrogens is 5. The molecule has 0 amide bonds. The van der Waals surface area contributed by atoms with Crippen molar-refractivity contribution in [3.63, 3.8) is 0 Å². The Morgan fingerprint density at radius 3 is 2.72 bits per heavy atom. The Hall–Kier alpha value is -5.41. The summed E-state index contributed by atoms with van der Waals surface area (Å²) in [4.78, 5) is 38.9. The second-order valence-corrected chi connectivity index (χ2v) is 9.90. The number of nitriles is 1. The molecule has 12 heteroatoms. The van der Waals surface area contributed by atoms with Gasteiger partial charge in [0.1, 0.15) is 23.8 Å². The molecule has 5 aromatic rings. The fourth-order valence-electron chi connectivity index (χ4n) is 4.70. The molecule has 1 fully saturated rings. The number of hydrogen-bond acceptors (Lipinski definition) is 9. The molecule has 0 radical (unpaired) electrons. The minimum Gasteiger partial charge on any atom is -0.473 e.